The van der Waals surface area contributed by atoms with Crippen molar-refractivity contribution < 1.29 is 9.40 Å². The van der Waals surface area contributed by atoms with E-state index in [2.05, 4.69) is 26.0 Å². The minimum Gasteiger partial charge on any atom is -0.0815 e. The highest BCUT2D eigenvalue weighted by molar-refractivity contribution is 5.83. The van der Waals surface area contributed by atoms with Crippen molar-refractivity contribution in [1.29, 1.82) is 0 Å². The van der Waals surface area contributed by atoms with Gasteiger partial charge in [-0.25, -0.2) is 0 Å². The van der Waals surface area contributed by atoms with Gasteiger partial charge >= 0.3 is 0 Å². The van der Waals surface area contributed by atoms with Crippen LogP contribution in [0.15, 0.2) is 32.5 Å². The summed E-state index contributed by atoms with van der Waals surface area (Å²) in [7, 11) is 7.91. The van der Waals surface area contributed by atoms with Gasteiger partial charge in [0.2, 0.25) is 0 Å². The molecule has 2 aliphatic rings. The molecule has 0 atom stereocenters. The van der Waals surface area contributed by atoms with Crippen molar-refractivity contribution in [3.63, 3.8) is 0 Å². The van der Waals surface area contributed by atoms with Crippen LogP contribution in [0, 0.1) is 13.8 Å². The second-order valence-corrected chi connectivity index (χ2v) is 6.95. The van der Waals surface area contributed by atoms with Crippen molar-refractivity contribution in [3.05, 3.63) is 44.7 Å². The third kappa shape index (κ3) is 1.74. The molecule has 0 fully saturated rings. The van der Waals surface area contributed by atoms with Crippen LogP contribution in [0.2, 0.25) is 0 Å². The second-order valence-electron chi connectivity index (χ2n) is 6.95. The third-order valence-corrected chi connectivity index (χ3v) is 4.10. The van der Waals surface area contributed by atoms with Gasteiger partial charge in [0.25, 0.3) is 0 Å². The Morgan fingerprint density at radius 3 is 1.27 bits per heavy atom. The van der Waals surface area contributed by atoms with E-state index in [-0.39, 0.29) is 9.40 Å². The number of nitrogens with zero attached hydrogens (tertiary/aromatic N) is 6. The first kappa shape index (κ1) is 13.5. The number of aryl methyl sites for hydroxylation is 2. The van der Waals surface area contributed by atoms with Gasteiger partial charge < -0.3 is 0 Å². The summed E-state index contributed by atoms with van der Waals surface area (Å²) in [5.74, 6) is 0. The molecule has 0 aliphatic carbocycles. The fourth-order valence-electron chi connectivity index (χ4n) is 3.22. The molecule has 2 aromatic rings. The zero-order chi connectivity index (χ0) is 15.9. The number of hydrogen-bond donors (Lipinski definition) is 0. The molecule has 6 nitrogen and oxygen atoms in total. The van der Waals surface area contributed by atoms with Gasteiger partial charge in [-0.05, 0) is 37.1 Å². The largest absolute Gasteiger partial charge is 0.161 e. The first-order valence-corrected chi connectivity index (χ1v) is 7.39. The average Bonchev–Trinajstić information content (AvgIpc) is 2.88. The van der Waals surface area contributed by atoms with Gasteiger partial charge in [0, 0.05) is 10.8 Å². The first-order chi connectivity index (χ1) is 10.2. The Bertz CT molecular complexity index is 1000. The molecule has 0 saturated heterocycles. The second kappa shape index (κ2) is 3.77. The Balaban J connectivity index is 2.31. The van der Waals surface area contributed by atoms with E-state index in [4.69, 9.17) is 20.4 Å². The molecule has 2 heterocycles. The molecule has 22 heavy (non-hydrogen) atoms. The van der Waals surface area contributed by atoms with Gasteiger partial charge in [0.15, 0.2) is 21.4 Å². The highest BCUT2D eigenvalue weighted by Gasteiger charge is 2.26. The Morgan fingerprint density at radius 1 is 0.591 bits per heavy atom. The van der Waals surface area contributed by atoms with E-state index in [1.165, 1.54) is 0 Å². The summed E-state index contributed by atoms with van der Waals surface area (Å²) in [4.78, 5) is 0. The van der Waals surface area contributed by atoms with Crippen molar-refractivity contribution in [2.45, 2.75) is 13.8 Å². The molecule has 112 valence electrons. The maximum absolute atomic E-state index is 4.77. The van der Waals surface area contributed by atoms with Gasteiger partial charge in [-0.2, -0.15) is 0 Å². The fourth-order valence-corrected chi connectivity index (χ4v) is 3.22. The Morgan fingerprint density at radius 2 is 0.909 bits per heavy atom. The van der Waals surface area contributed by atoms with Gasteiger partial charge in [-0.1, -0.05) is 29.8 Å². The highest BCUT2D eigenvalue weighted by atomic mass is 15.8. The maximum atomic E-state index is 4.77. The quantitative estimate of drug-likeness (QED) is 0.603. The van der Waals surface area contributed by atoms with E-state index in [1.54, 1.807) is 0 Å². The van der Waals surface area contributed by atoms with Crippen LogP contribution in [0.1, 0.15) is 11.1 Å². The first-order valence-electron chi connectivity index (χ1n) is 7.39. The number of benzene rings is 2. The Kier molecular flexibility index (Phi) is 2.31. The zero-order valence-electron chi connectivity index (χ0n) is 13.8. The van der Waals surface area contributed by atoms with E-state index >= 15 is 0 Å². The molecule has 0 saturated carbocycles. The fraction of sp³-hybridized carbons (Fsp3) is 0.375. The van der Waals surface area contributed by atoms with Crippen LogP contribution in [0.4, 0.5) is 0 Å². The smallest absolute Gasteiger partial charge is 0.0815 e. The normalized spacial score (nSPS) is 19.7. The lowest BCUT2D eigenvalue weighted by Crippen LogP contribution is -2.32. The molecule has 0 bridgehead atoms. The predicted octanol–water partition coefficient (Wildman–Crippen LogP) is -0.225. The molecule has 4 rings (SSSR count). The van der Waals surface area contributed by atoms with Crippen molar-refractivity contribution in [1.82, 2.24) is 0 Å². The standard InChI is InChI=1S/C16H20N6/c1-9-7-11-12(15-13(9)17-21(3,4)19-15)8-10(2)14-16(11)20-22(5,6)18-14/h7-8H,1-6H3/q+2. The number of rotatable bonds is 0. The van der Waals surface area contributed by atoms with E-state index in [9.17, 15) is 0 Å². The number of hydrogen-bond acceptors (Lipinski definition) is 4. The van der Waals surface area contributed by atoms with Crippen LogP contribution in [0.5, 0.6) is 0 Å². The van der Waals surface area contributed by atoms with Gasteiger partial charge in [0.05, 0.1) is 0 Å². The summed E-state index contributed by atoms with van der Waals surface area (Å²) >= 11 is 0. The Labute approximate surface area is 128 Å². The summed E-state index contributed by atoms with van der Waals surface area (Å²) < 4.78 is 0.572. The lowest BCUT2D eigenvalue weighted by Gasteiger charge is -2.08. The van der Waals surface area contributed by atoms with Crippen LogP contribution < -0.4 is 21.4 Å². The van der Waals surface area contributed by atoms with Crippen molar-refractivity contribution in [3.8, 4) is 0 Å². The summed E-state index contributed by atoms with van der Waals surface area (Å²) in [6.07, 6.45) is 0. The molecular weight excluding hydrogens is 276 g/mol. The summed E-state index contributed by atoms with van der Waals surface area (Å²) in [5, 5.41) is 25.1. The maximum Gasteiger partial charge on any atom is 0.161 e. The molecule has 0 radical (unpaired) electrons. The molecule has 2 aliphatic heterocycles. The van der Waals surface area contributed by atoms with Crippen LogP contribution in [0.3, 0.4) is 0 Å². The molecule has 2 aromatic carbocycles. The van der Waals surface area contributed by atoms with Crippen molar-refractivity contribution >= 4 is 10.8 Å². The van der Waals surface area contributed by atoms with E-state index in [0.29, 0.717) is 0 Å². The molecule has 0 N–H and O–H groups in total. The van der Waals surface area contributed by atoms with E-state index in [1.807, 2.05) is 28.2 Å². The molecule has 0 aromatic heterocycles. The SMILES string of the molecule is Cc1cc2c3c(c(C)cc2c2c1=N[N+](C)(C)N=2)=N[N+](C)(C)N=3. The lowest BCUT2D eigenvalue weighted by atomic mass is 10.0. The van der Waals surface area contributed by atoms with Gasteiger partial charge in [0.1, 0.15) is 28.2 Å². The van der Waals surface area contributed by atoms with Crippen LogP contribution in [0.25, 0.3) is 10.8 Å². The molecule has 0 spiro atoms. The predicted molar refractivity (Wildman–Crippen MR) is 82.3 cm³/mol. The van der Waals surface area contributed by atoms with Crippen molar-refractivity contribution in [2.24, 2.45) is 20.4 Å². The summed E-state index contributed by atoms with van der Waals surface area (Å²) in [5.41, 5.74) is 2.27. The number of quaternary nitrogens is 2. The lowest BCUT2D eigenvalue weighted by molar-refractivity contribution is -0.905. The van der Waals surface area contributed by atoms with Crippen LogP contribution in [-0.4, -0.2) is 37.6 Å². The van der Waals surface area contributed by atoms with Gasteiger partial charge in [-0.3, -0.25) is 0 Å². The van der Waals surface area contributed by atoms with Crippen molar-refractivity contribution in [2.75, 3.05) is 28.2 Å². The highest BCUT2D eigenvalue weighted by Crippen LogP contribution is 2.12. The molecular formula is C16H20N6+2. The van der Waals surface area contributed by atoms with E-state index < -0.39 is 0 Å². The average molecular weight is 296 g/mol. The van der Waals surface area contributed by atoms with E-state index in [0.717, 1.165) is 43.3 Å². The molecule has 0 unspecified atom stereocenters. The summed E-state index contributed by atoms with van der Waals surface area (Å²) in [6.45, 7) is 4.17. The zero-order valence-corrected chi connectivity index (χ0v) is 13.8. The molecule has 0 amide bonds. The third-order valence-electron chi connectivity index (χ3n) is 4.10. The number of fused-ring (bicyclic) bond motifs is 5. The summed E-state index contributed by atoms with van der Waals surface area (Å²) in [6, 6.07) is 4.34. The minimum absolute atomic E-state index is 0.286. The van der Waals surface area contributed by atoms with Crippen LogP contribution >= 0.6 is 0 Å². The topological polar surface area (TPSA) is 49.4 Å². The van der Waals surface area contributed by atoms with Gasteiger partial charge in [-0.15, -0.1) is 0 Å². The molecule has 6 heteroatoms. The Hall–Kier alpha value is -2.18. The minimum atomic E-state index is 0.286. The van der Waals surface area contributed by atoms with Crippen LogP contribution in [-0.2, 0) is 0 Å². The monoisotopic (exact) mass is 296 g/mol.